The van der Waals surface area contributed by atoms with E-state index < -0.39 is 5.97 Å². The third-order valence-electron chi connectivity index (χ3n) is 2.78. The summed E-state index contributed by atoms with van der Waals surface area (Å²) in [4.78, 5) is 15.1. The second-order valence-corrected chi connectivity index (χ2v) is 4.53. The smallest absolute Gasteiger partial charge is 0.337 e. The van der Waals surface area contributed by atoms with Gasteiger partial charge in [-0.15, -0.1) is 0 Å². The molecule has 1 aromatic carbocycles. The van der Waals surface area contributed by atoms with Crippen LogP contribution >= 0.6 is 11.6 Å². The number of aryl methyl sites for hydroxylation is 1. The maximum atomic E-state index is 10.8. The van der Waals surface area contributed by atoms with Crippen molar-refractivity contribution in [3.8, 4) is 0 Å². The molecule has 0 bridgehead atoms. The van der Waals surface area contributed by atoms with Crippen LogP contribution in [0.5, 0.6) is 0 Å². The average Bonchev–Trinajstić information content (AvgIpc) is 2.37. The number of rotatable bonds is 4. The first-order valence-electron chi connectivity index (χ1n) is 5.75. The van der Waals surface area contributed by atoms with Crippen molar-refractivity contribution in [2.24, 2.45) is 0 Å². The quantitative estimate of drug-likeness (QED) is 0.899. The molecule has 0 amide bonds. The van der Waals surface area contributed by atoms with Crippen LogP contribution in [0.15, 0.2) is 36.5 Å². The van der Waals surface area contributed by atoms with Gasteiger partial charge in [-0.3, -0.25) is 4.98 Å². The highest BCUT2D eigenvalue weighted by Gasteiger charge is 2.08. The van der Waals surface area contributed by atoms with E-state index in [4.69, 9.17) is 16.7 Å². The van der Waals surface area contributed by atoms with Crippen LogP contribution in [-0.2, 0) is 6.54 Å². The monoisotopic (exact) mass is 276 g/mol. The number of hydrogen-bond donors (Lipinski definition) is 2. The van der Waals surface area contributed by atoms with Crippen molar-refractivity contribution < 1.29 is 9.90 Å². The molecule has 0 unspecified atom stereocenters. The lowest BCUT2D eigenvalue weighted by molar-refractivity contribution is 0.0697. The summed E-state index contributed by atoms with van der Waals surface area (Å²) in [5.74, 6) is -1.03. The Morgan fingerprint density at radius 3 is 2.84 bits per heavy atom. The van der Waals surface area contributed by atoms with Crippen LogP contribution in [0.1, 0.15) is 21.6 Å². The zero-order valence-electron chi connectivity index (χ0n) is 10.4. The summed E-state index contributed by atoms with van der Waals surface area (Å²) in [5.41, 5.74) is 2.91. The normalized spacial score (nSPS) is 10.2. The Kier molecular flexibility index (Phi) is 4.02. The first-order chi connectivity index (χ1) is 9.08. The summed E-state index contributed by atoms with van der Waals surface area (Å²) >= 11 is 5.90. The lowest BCUT2D eigenvalue weighted by atomic mass is 10.2. The van der Waals surface area contributed by atoms with Crippen LogP contribution in [-0.4, -0.2) is 16.1 Å². The van der Waals surface area contributed by atoms with Gasteiger partial charge in [0.2, 0.25) is 0 Å². The van der Waals surface area contributed by atoms with Gasteiger partial charge in [0.1, 0.15) is 0 Å². The van der Waals surface area contributed by atoms with E-state index in [1.54, 1.807) is 18.3 Å². The van der Waals surface area contributed by atoms with Crippen LogP contribution in [0.4, 0.5) is 5.69 Å². The Bertz CT molecular complexity index is 614. The Balaban J connectivity index is 2.11. The number of anilines is 1. The average molecular weight is 277 g/mol. The first kappa shape index (κ1) is 13.4. The molecule has 0 spiro atoms. The number of aromatic carboxylic acids is 1. The molecule has 0 radical (unpaired) electrons. The minimum atomic E-state index is -1.03. The lowest BCUT2D eigenvalue weighted by Crippen LogP contribution is -2.04. The topological polar surface area (TPSA) is 62.2 Å². The van der Waals surface area contributed by atoms with Gasteiger partial charge in [-0.1, -0.05) is 17.7 Å². The zero-order chi connectivity index (χ0) is 13.8. The molecule has 5 heteroatoms. The molecule has 98 valence electrons. The van der Waals surface area contributed by atoms with Gasteiger partial charge in [0, 0.05) is 11.9 Å². The molecule has 4 nitrogen and oxygen atoms in total. The van der Waals surface area contributed by atoms with Crippen molar-refractivity contribution in [1.29, 1.82) is 0 Å². The number of nitrogens with zero attached hydrogens (tertiary/aromatic N) is 1. The summed E-state index contributed by atoms with van der Waals surface area (Å²) in [5, 5.41) is 12.3. The number of carboxylic acid groups (broad SMARTS) is 1. The predicted molar refractivity (Wildman–Crippen MR) is 74.7 cm³/mol. The highest BCUT2D eigenvalue weighted by atomic mass is 35.5. The predicted octanol–water partition coefficient (Wildman–Crippen LogP) is 3.35. The molecular weight excluding hydrogens is 264 g/mol. The van der Waals surface area contributed by atoms with Crippen molar-refractivity contribution in [2.45, 2.75) is 13.5 Å². The van der Waals surface area contributed by atoms with Gasteiger partial charge in [-0.05, 0) is 36.8 Å². The van der Waals surface area contributed by atoms with Gasteiger partial charge in [0.25, 0.3) is 0 Å². The van der Waals surface area contributed by atoms with E-state index in [-0.39, 0.29) is 10.6 Å². The Labute approximate surface area is 116 Å². The summed E-state index contributed by atoms with van der Waals surface area (Å²) in [6.07, 6.45) is 1.74. The molecule has 2 rings (SSSR count). The van der Waals surface area contributed by atoms with E-state index in [1.807, 2.05) is 19.1 Å². The summed E-state index contributed by atoms with van der Waals surface area (Å²) in [6, 6.07) is 8.65. The molecular formula is C14H13ClN2O2. The van der Waals surface area contributed by atoms with Crippen LogP contribution in [0.2, 0.25) is 5.02 Å². The SMILES string of the molecule is Cc1cccnc1CNc1ccc(C(=O)O)c(Cl)c1. The number of hydrogen-bond acceptors (Lipinski definition) is 3. The minimum absolute atomic E-state index is 0.0984. The zero-order valence-corrected chi connectivity index (χ0v) is 11.1. The standard InChI is InChI=1S/C14H13ClN2O2/c1-9-3-2-6-16-13(9)8-17-10-4-5-11(14(18)19)12(15)7-10/h2-7,17H,8H2,1H3,(H,18,19). The fraction of sp³-hybridized carbons (Fsp3) is 0.143. The third-order valence-corrected chi connectivity index (χ3v) is 3.09. The van der Waals surface area contributed by atoms with Gasteiger partial charge in [-0.25, -0.2) is 4.79 Å². The number of carbonyl (C=O) groups is 1. The Morgan fingerprint density at radius 1 is 1.42 bits per heavy atom. The molecule has 1 aromatic heterocycles. The lowest BCUT2D eigenvalue weighted by Gasteiger charge is -2.09. The number of benzene rings is 1. The van der Waals surface area contributed by atoms with E-state index in [9.17, 15) is 4.79 Å². The van der Waals surface area contributed by atoms with E-state index in [1.165, 1.54) is 6.07 Å². The second-order valence-electron chi connectivity index (χ2n) is 4.12. The maximum absolute atomic E-state index is 10.8. The van der Waals surface area contributed by atoms with Gasteiger partial charge in [0.15, 0.2) is 0 Å². The number of carboxylic acids is 1. The summed E-state index contributed by atoms with van der Waals surface area (Å²) < 4.78 is 0. The molecule has 0 atom stereocenters. The molecule has 0 aliphatic rings. The van der Waals surface area contributed by atoms with Crippen molar-refractivity contribution in [3.63, 3.8) is 0 Å². The summed E-state index contributed by atoms with van der Waals surface area (Å²) in [6.45, 7) is 2.56. The fourth-order valence-electron chi connectivity index (χ4n) is 1.69. The largest absolute Gasteiger partial charge is 0.478 e. The molecule has 2 aromatic rings. The highest BCUT2D eigenvalue weighted by molar-refractivity contribution is 6.33. The van der Waals surface area contributed by atoms with Crippen LogP contribution in [0.25, 0.3) is 0 Å². The summed E-state index contributed by atoms with van der Waals surface area (Å²) in [7, 11) is 0. The molecule has 0 aliphatic carbocycles. The minimum Gasteiger partial charge on any atom is -0.478 e. The third kappa shape index (κ3) is 3.23. The van der Waals surface area contributed by atoms with E-state index in [0.29, 0.717) is 6.54 Å². The van der Waals surface area contributed by atoms with Gasteiger partial charge < -0.3 is 10.4 Å². The molecule has 0 saturated heterocycles. The molecule has 0 fully saturated rings. The molecule has 19 heavy (non-hydrogen) atoms. The van der Waals surface area contributed by atoms with Crippen LogP contribution < -0.4 is 5.32 Å². The van der Waals surface area contributed by atoms with Gasteiger partial charge in [-0.2, -0.15) is 0 Å². The van der Waals surface area contributed by atoms with E-state index >= 15 is 0 Å². The first-order valence-corrected chi connectivity index (χ1v) is 6.13. The number of nitrogens with one attached hydrogen (secondary N) is 1. The van der Waals surface area contributed by atoms with Crippen LogP contribution in [0.3, 0.4) is 0 Å². The molecule has 1 heterocycles. The number of halogens is 1. The van der Waals surface area contributed by atoms with Crippen molar-refractivity contribution in [3.05, 3.63) is 58.4 Å². The van der Waals surface area contributed by atoms with Gasteiger partial charge in [0.05, 0.1) is 22.8 Å². The highest BCUT2D eigenvalue weighted by Crippen LogP contribution is 2.21. The maximum Gasteiger partial charge on any atom is 0.337 e. The van der Waals surface area contributed by atoms with Crippen molar-refractivity contribution in [2.75, 3.05) is 5.32 Å². The van der Waals surface area contributed by atoms with E-state index in [2.05, 4.69) is 10.3 Å². The van der Waals surface area contributed by atoms with Crippen LogP contribution in [0, 0.1) is 6.92 Å². The molecule has 2 N–H and O–H groups in total. The van der Waals surface area contributed by atoms with Gasteiger partial charge >= 0.3 is 5.97 Å². The molecule has 0 aliphatic heterocycles. The Morgan fingerprint density at radius 2 is 2.21 bits per heavy atom. The van der Waals surface area contributed by atoms with Crippen molar-refractivity contribution in [1.82, 2.24) is 4.98 Å². The fourth-order valence-corrected chi connectivity index (χ4v) is 1.95. The molecule has 0 saturated carbocycles. The second kappa shape index (κ2) is 5.71. The van der Waals surface area contributed by atoms with E-state index in [0.717, 1.165) is 16.9 Å². The number of pyridine rings is 1. The Hall–Kier alpha value is -2.07. The van der Waals surface area contributed by atoms with Crippen molar-refractivity contribution >= 4 is 23.3 Å². The number of aromatic nitrogens is 1.